The molecule has 1 unspecified atom stereocenters. The number of hydrogen-bond acceptors (Lipinski definition) is 4. The van der Waals surface area contributed by atoms with Gasteiger partial charge >= 0.3 is 0 Å². The second kappa shape index (κ2) is 3.21. The lowest BCUT2D eigenvalue weighted by molar-refractivity contribution is -0.120. The molecule has 1 aliphatic heterocycles. The van der Waals surface area contributed by atoms with Crippen molar-refractivity contribution in [2.45, 2.75) is 12.5 Å². The van der Waals surface area contributed by atoms with Crippen LogP contribution in [0.25, 0.3) is 0 Å². The van der Waals surface area contributed by atoms with Crippen molar-refractivity contribution in [3.8, 4) is 0 Å². The summed E-state index contributed by atoms with van der Waals surface area (Å²) in [5, 5.41) is 0. The summed E-state index contributed by atoms with van der Waals surface area (Å²) in [5.74, 6) is -0.708. The van der Waals surface area contributed by atoms with E-state index >= 15 is 0 Å². The Morgan fingerprint density at radius 3 is 2.93 bits per heavy atom. The normalized spacial score (nSPS) is 20.4. The molecule has 0 radical (unpaired) electrons. The van der Waals surface area contributed by atoms with Crippen LogP contribution in [-0.4, -0.2) is 28.5 Å². The molecule has 1 aromatic heterocycles. The van der Waals surface area contributed by atoms with E-state index in [0.717, 1.165) is 6.20 Å². The van der Waals surface area contributed by atoms with Crippen molar-refractivity contribution in [3.63, 3.8) is 0 Å². The number of nitrogens with zero attached hydrogens (tertiary/aromatic N) is 3. The predicted octanol–water partition coefficient (Wildman–Crippen LogP) is -0.320. The van der Waals surface area contributed by atoms with Crippen LogP contribution >= 0.6 is 0 Å². The molecule has 1 aliphatic rings. The van der Waals surface area contributed by atoms with Crippen LogP contribution in [0.5, 0.6) is 0 Å². The number of anilines is 1. The Hall–Kier alpha value is -1.72. The van der Waals surface area contributed by atoms with E-state index in [-0.39, 0.29) is 6.04 Å². The van der Waals surface area contributed by atoms with Crippen LogP contribution in [0.4, 0.5) is 10.2 Å². The van der Waals surface area contributed by atoms with Crippen molar-refractivity contribution in [2.75, 3.05) is 11.4 Å². The molecule has 6 heteroatoms. The zero-order valence-electron chi connectivity index (χ0n) is 7.35. The van der Waals surface area contributed by atoms with E-state index < -0.39 is 11.9 Å². The number of halogens is 1. The van der Waals surface area contributed by atoms with Gasteiger partial charge < -0.3 is 10.6 Å². The number of carbonyl (C=O) groups is 1. The Balaban J connectivity index is 2.20. The Kier molecular flexibility index (Phi) is 2.03. The SMILES string of the molecule is NC(=O)C1CCN1c1cncc(F)n1. The molecular weight excluding hydrogens is 187 g/mol. The lowest BCUT2D eigenvalue weighted by Crippen LogP contribution is -2.55. The molecule has 0 bridgehead atoms. The molecule has 2 N–H and O–H groups in total. The van der Waals surface area contributed by atoms with Crippen LogP contribution in [0.3, 0.4) is 0 Å². The van der Waals surface area contributed by atoms with Crippen molar-refractivity contribution < 1.29 is 9.18 Å². The van der Waals surface area contributed by atoms with Crippen LogP contribution in [0.1, 0.15) is 6.42 Å². The maximum absolute atomic E-state index is 12.7. The van der Waals surface area contributed by atoms with Gasteiger partial charge in [0, 0.05) is 6.54 Å². The van der Waals surface area contributed by atoms with Crippen molar-refractivity contribution in [1.82, 2.24) is 9.97 Å². The topological polar surface area (TPSA) is 72.1 Å². The smallest absolute Gasteiger partial charge is 0.240 e. The fourth-order valence-electron chi connectivity index (χ4n) is 1.43. The van der Waals surface area contributed by atoms with Gasteiger partial charge in [-0.2, -0.15) is 9.37 Å². The molecule has 1 aromatic rings. The average molecular weight is 196 g/mol. The first-order valence-corrected chi connectivity index (χ1v) is 4.22. The summed E-state index contributed by atoms with van der Waals surface area (Å²) in [5.41, 5.74) is 5.14. The van der Waals surface area contributed by atoms with Crippen LogP contribution in [-0.2, 0) is 4.79 Å². The van der Waals surface area contributed by atoms with Crippen molar-refractivity contribution >= 4 is 11.7 Å². The summed E-state index contributed by atoms with van der Waals surface area (Å²) < 4.78 is 12.7. The van der Waals surface area contributed by atoms with Crippen molar-refractivity contribution in [2.24, 2.45) is 5.73 Å². The van der Waals surface area contributed by atoms with Crippen LogP contribution in [0.2, 0.25) is 0 Å². The molecule has 2 heterocycles. The van der Waals surface area contributed by atoms with E-state index in [1.165, 1.54) is 6.20 Å². The molecule has 0 aliphatic carbocycles. The summed E-state index contributed by atoms with van der Waals surface area (Å²) in [4.78, 5) is 19.8. The lowest BCUT2D eigenvalue weighted by atomic mass is 10.0. The largest absolute Gasteiger partial charge is 0.368 e. The third-order valence-electron chi connectivity index (χ3n) is 2.23. The van der Waals surface area contributed by atoms with Crippen LogP contribution < -0.4 is 10.6 Å². The highest BCUT2D eigenvalue weighted by molar-refractivity contribution is 5.84. The number of aromatic nitrogens is 2. The van der Waals surface area contributed by atoms with E-state index in [0.29, 0.717) is 18.8 Å². The molecular formula is C8H9FN4O. The number of primary amides is 1. The molecule has 0 spiro atoms. The molecule has 14 heavy (non-hydrogen) atoms. The minimum Gasteiger partial charge on any atom is -0.368 e. The van der Waals surface area contributed by atoms with Gasteiger partial charge in [-0.05, 0) is 6.42 Å². The Morgan fingerprint density at radius 2 is 2.43 bits per heavy atom. The first kappa shape index (κ1) is 8.86. The average Bonchev–Trinajstić information content (AvgIpc) is 2.00. The van der Waals surface area contributed by atoms with E-state index in [1.807, 2.05) is 0 Å². The fraction of sp³-hybridized carbons (Fsp3) is 0.375. The predicted molar refractivity (Wildman–Crippen MR) is 46.9 cm³/mol. The van der Waals surface area contributed by atoms with Crippen LogP contribution in [0, 0.1) is 5.95 Å². The molecule has 74 valence electrons. The molecule has 0 aromatic carbocycles. The maximum Gasteiger partial charge on any atom is 0.240 e. The molecule has 5 nitrogen and oxygen atoms in total. The molecule has 1 amide bonds. The second-order valence-electron chi connectivity index (χ2n) is 3.10. The number of nitrogens with two attached hydrogens (primary N) is 1. The molecule has 0 saturated carbocycles. The summed E-state index contributed by atoms with van der Waals surface area (Å²) in [6, 6.07) is -0.369. The highest BCUT2D eigenvalue weighted by Crippen LogP contribution is 2.23. The minimum atomic E-state index is -0.655. The molecule has 1 saturated heterocycles. The Bertz CT molecular complexity index is 370. The summed E-state index contributed by atoms with van der Waals surface area (Å²) in [6.07, 6.45) is 3.12. The molecule has 1 atom stereocenters. The highest BCUT2D eigenvalue weighted by Gasteiger charge is 2.33. The van der Waals surface area contributed by atoms with Gasteiger partial charge in [0.2, 0.25) is 11.9 Å². The lowest BCUT2D eigenvalue weighted by Gasteiger charge is -2.39. The second-order valence-corrected chi connectivity index (χ2v) is 3.10. The molecule has 1 fully saturated rings. The Labute approximate surface area is 79.8 Å². The summed E-state index contributed by atoms with van der Waals surface area (Å²) in [7, 11) is 0. The van der Waals surface area contributed by atoms with Crippen molar-refractivity contribution in [1.29, 1.82) is 0 Å². The van der Waals surface area contributed by atoms with Gasteiger partial charge in [-0.1, -0.05) is 0 Å². The summed E-state index contributed by atoms with van der Waals surface area (Å²) in [6.45, 7) is 0.658. The van der Waals surface area contributed by atoms with Gasteiger partial charge in [0.15, 0.2) is 5.82 Å². The highest BCUT2D eigenvalue weighted by atomic mass is 19.1. The standard InChI is InChI=1S/C8H9FN4O/c9-6-3-11-4-7(12-6)13-2-1-5(13)8(10)14/h3-5H,1-2H2,(H2,10,14). The van der Waals surface area contributed by atoms with Gasteiger partial charge in [0.05, 0.1) is 12.4 Å². The minimum absolute atomic E-state index is 0.361. The quantitative estimate of drug-likeness (QED) is 0.703. The number of hydrogen-bond donors (Lipinski definition) is 1. The van der Waals surface area contributed by atoms with Crippen LogP contribution in [0.15, 0.2) is 12.4 Å². The zero-order chi connectivity index (χ0) is 10.1. The van der Waals surface area contributed by atoms with E-state index in [2.05, 4.69) is 9.97 Å². The zero-order valence-corrected chi connectivity index (χ0v) is 7.35. The molecule has 2 rings (SSSR count). The maximum atomic E-state index is 12.7. The Morgan fingerprint density at radius 1 is 1.64 bits per heavy atom. The first-order chi connectivity index (χ1) is 6.68. The van der Waals surface area contributed by atoms with Crippen molar-refractivity contribution in [3.05, 3.63) is 18.3 Å². The number of carbonyl (C=O) groups excluding carboxylic acids is 1. The van der Waals surface area contributed by atoms with Gasteiger partial charge in [0.1, 0.15) is 6.04 Å². The number of rotatable bonds is 2. The van der Waals surface area contributed by atoms with Gasteiger partial charge in [-0.15, -0.1) is 0 Å². The first-order valence-electron chi connectivity index (χ1n) is 4.22. The fourth-order valence-corrected chi connectivity index (χ4v) is 1.43. The van der Waals surface area contributed by atoms with Gasteiger partial charge in [-0.25, -0.2) is 0 Å². The van der Waals surface area contributed by atoms with E-state index in [4.69, 9.17) is 5.73 Å². The number of amides is 1. The van der Waals surface area contributed by atoms with Gasteiger partial charge in [-0.3, -0.25) is 9.78 Å². The van der Waals surface area contributed by atoms with E-state index in [9.17, 15) is 9.18 Å². The third-order valence-corrected chi connectivity index (χ3v) is 2.23. The van der Waals surface area contributed by atoms with E-state index in [1.54, 1.807) is 4.90 Å². The van der Waals surface area contributed by atoms with Gasteiger partial charge in [0.25, 0.3) is 0 Å². The summed E-state index contributed by atoms with van der Waals surface area (Å²) >= 11 is 0. The third kappa shape index (κ3) is 1.39. The monoisotopic (exact) mass is 196 g/mol.